The molecular weight excluding hydrogens is 307 g/mol. The second-order valence-electron chi connectivity index (χ2n) is 6.16. The van der Waals surface area contributed by atoms with Gasteiger partial charge in [-0.3, -0.25) is 9.59 Å². The van der Waals surface area contributed by atoms with Gasteiger partial charge in [-0.15, -0.1) is 0 Å². The number of carbonyl (C=O) groups is 2. The number of Topliss-reactive ketones (excluding diaryl/α,β-unsaturated/α-hetero) is 1. The second kappa shape index (κ2) is 6.95. The number of hydrogen-bond donors (Lipinski definition) is 0. The lowest BCUT2D eigenvalue weighted by Gasteiger charge is -2.27. The van der Waals surface area contributed by atoms with Crippen LogP contribution < -0.4 is 0 Å². The van der Waals surface area contributed by atoms with E-state index in [9.17, 15) is 14.0 Å². The zero-order chi connectivity index (χ0) is 17.0. The Morgan fingerprint density at radius 1 is 1.00 bits per heavy atom. The molecule has 0 aliphatic heterocycles. The van der Waals surface area contributed by atoms with Gasteiger partial charge in [0.15, 0.2) is 12.4 Å². The van der Waals surface area contributed by atoms with E-state index >= 15 is 0 Å². The summed E-state index contributed by atoms with van der Waals surface area (Å²) in [4.78, 5) is 24.8. The number of ether oxygens (including phenoxy) is 1. The van der Waals surface area contributed by atoms with Gasteiger partial charge in [0, 0.05) is 5.56 Å². The molecule has 2 aromatic carbocycles. The van der Waals surface area contributed by atoms with Gasteiger partial charge in [-0.1, -0.05) is 55.3 Å². The van der Waals surface area contributed by atoms with Crippen molar-refractivity contribution >= 4 is 11.8 Å². The Morgan fingerprint density at radius 2 is 1.71 bits per heavy atom. The van der Waals surface area contributed by atoms with Crippen LogP contribution in [0.25, 0.3) is 0 Å². The Morgan fingerprint density at radius 3 is 2.38 bits per heavy atom. The molecule has 3 rings (SSSR count). The highest BCUT2D eigenvalue weighted by Gasteiger charge is 2.44. The molecule has 1 aliphatic rings. The summed E-state index contributed by atoms with van der Waals surface area (Å²) >= 11 is 0. The van der Waals surface area contributed by atoms with Gasteiger partial charge in [0.1, 0.15) is 5.82 Å². The highest BCUT2D eigenvalue weighted by atomic mass is 19.1. The van der Waals surface area contributed by atoms with E-state index in [1.807, 2.05) is 6.07 Å². The Bertz CT molecular complexity index is 734. The predicted molar refractivity (Wildman–Crippen MR) is 88.3 cm³/mol. The van der Waals surface area contributed by atoms with Gasteiger partial charge in [0.05, 0.1) is 5.41 Å². The normalized spacial score (nSPS) is 15.9. The van der Waals surface area contributed by atoms with E-state index in [1.165, 1.54) is 12.1 Å². The van der Waals surface area contributed by atoms with E-state index in [0.717, 1.165) is 12.8 Å². The van der Waals surface area contributed by atoms with Crippen LogP contribution in [0.3, 0.4) is 0 Å². The molecule has 1 fully saturated rings. The van der Waals surface area contributed by atoms with Gasteiger partial charge in [0.2, 0.25) is 0 Å². The summed E-state index contributed by atoms with van der Waals surface area (Å²) in [6.45, 7) is -0.292. The monoisotopic (exact) mass is 326 g/mol. The first-order chi connectivity index (χ1) is 11.6. The molecule has 0 aromatic heterocycles. The number of esters is 1. The number of benzene rings is 2. The number of rotatable bonds is 5. The molecule has 124 valence electrons. The van der Waals surface area contributed by atoms with E-state index < -0.39 is 11.4 Å². The third-order valence-corrected chi connectivity index (χ3v) is 4.66. The quantitative estimate of drug-likeness (QED) is 0.614. The fraction of sp³-hybridized carbons (Fsp3) is 0.300. The molecule has 1 aliphatic carbocycles. The lowest BCUT2D eigenvalue weighted by Crippen LogP contribution is -2.36. The average Bonchev–Trinajstić information content (AvgIpc) is 3.11. The molecular formula is C20H19FO3. The van der Waals surface area contributed by atoms with Crippen LogP contribution in [0.2, 0.25) is 0 Å². The standard InChI is InChI=1S/C20H19FO3/c21-17-10-6-9-16(13-17)20(11-4-5-12-20)19(23)24-14-18(22)15-7-2-1-3-8-15/h1-3,6-10,13H,4-5,11-12,14H2. The molecule has 0 bridgehead atoms. The molecule has 2 aromatic rings. The first-order valence-corrected chi connectivity index (χ1v) is 8.13. The average molecular weight is 326 g/mol. The van der Waals surface area contributed by atoms with Crippen molar-refractivity contribution in [1.29, 1.82) is 0 Å². The third-order valence-electron chi connectivity index (χ3n) is 4.66. The van der Waals surface area contributed by atoms with Gasteiger partial charge >= 0.3 is 5.97 Å². The lowest BCUT2D eigenvalue weighted by atomic mass is 9.79. The van der Waals surface area contributed by atoms with Crippen LogP contribution in [0, 0.1) is 5.82 Å². The van der Waals surface area contributed by atoms with Gasteiger partial charge in [-0.05, 0) is 30.5 Å². The summed E-state index contributed by atoms with van der Waals surface area (Å²) in [6.07, 6.45) is 3.01. The number of halogens is 1. The summed E-state index contributed by atoms with van der Waals surface area (Å²) < 4.78 is 18.9. The summed E-state index contributed by atoms with van der Waals surface area (Å²) in [6, 6.07) is 14.8. The van der Waals surface area contributed by atoms with Gasteiger partial charge in [-0.25, -0.2) is 4.39 Å². The van der Waals surface area contributed by atoms with Crippen molar-refractivity contribution in [2.75, 3.05) is 6.61 Å². The van der Waals surface area contributed by atoms with E-state index in [1.54, 1.807) is 36.4 Å². The van der Waals surface area contributed by atoms with Crippen LogP contribution in [-0.2, 0) is 14.9 Å². The number of ketones is 1. The fourth-order valence-corrected chi connectivity index (χ4v) is 3.35. The molecule has 0 radical (unpaired) electrons. The first kappa shape index (κ1) is 16.4. The van der Waals surface area contributed by atoms with Gasteiger partial charge in [0.25, 0.3) is 0 Å². The minimum atomic E-state index is -0.834. The van der Waals surface area contributed by atoms with Crippen molar-refractivity contribution in [2.45, 2.75) is 31.1 Å². The van der Waals surface area contributed by atoms with E-state index in [-0.39, 0.29) is 18.2 Å². The Balaban J connectivity index is 1.75. The zero-order valence-corrected chi connectivity index (χ0v) is 13.3. The Kier molecular flexibility index (Phi) is 4.74. The Labute approximate surface area is 140 Å². The van der Waals surface area contributed by atoms with Crippen molar-refractivity contribution in [1.82, 2.24) is 0 Å². The Hall–Kier alpha value is -2.49. The van der Waals surface area contributed by atoms with Crippen molar-refractivity contribution in [3.8, 4) is 0 Å². The van der Waals surface area contributed by atoms with E-state index in [4.69, 9.17) is 4.74 Å². The van der Waals surface area contributed by atoms with Crippen LogP contribution in [0.5, 0.6) is 0 Å². The van der Waals surface area contributed by atoms with Crippen LogP contribution in [0.15, 0.2) is 54.6 Å². The van der Waals surface area contributed by atoms with Crippen LogP contribution >= 0.6 is 0 Å². The molecule has 0 N–H and O–H groups in total. The predicted octanol–water partition coefficient (Wildman–Crippen LogP) is 4.06. The first-order valence-electron chi connectivity index (χ1n) is 8.13. The third kappa shape index (κ3) is 3.23. The SMILES string of the molecule is O=C(COC(=O)C1(c2cccc(F)c2)CCCC1)c1ccccc1. The maximum Gasteiger partial charge on any atom is 0.317 e. The van der Waals surface area contributed by atoms with Crippen LogP contribution in [0.1, 0.15) is 41.6 Å². The van der Waals surface area contributed by atoms with E-state index in [0.29, 0.717) is 24.0 Å². The van der Waals surface area contributed by atoms with E-state index in [2.05, 4.69) is 0 Å². The van der Waals surface area contributed by atoms with Crippen LogP contribution in [-0.4, -0.2) is 18.4 Å². The van der Waals surface area contributed by atoms with Gasteiger partial charge in [-0.2, -0.15) is 0 Å². The van der Waals surface area contributed by atoms with Crippen molar-refractivity contribution < 1.29 is 18.7 Å². The highest BCUT2D eigenvalue weighted by molar-refractivity contribution is 5.98. The summed E-state index contributed by atoms with van der Waals surface area (Å²) in [5.41, 5.74) is 0.313. The molecule has 0 heterocycles. The van der Waals surface area contributed by atoms with Crippen molar-refractivity contribution in [3.05, 3.63) is 71.5 Å². The van der Waals surface area contributed by atoms with Crippen molar-refractivity contribution in [3.63, 3.8) is 0 Å². The lowest BCUT2D eigenvalue weighted by molar-refractivity contribution is -0.149. The highest BCUT2D eigenvalue weighted by Crippen LogP contribution is 2.42. The zero-order valence-electron chi connectivity index (χ0n) is 13.3. The molecule has 0 atom stereocenters. The molecule has 24 heavy (non-hydrogen) atoms. The largest absolute Gasteiger partial charge is 0.457 e. The van der Waals surface area contributed by atoms with Crippen LogP contribution in [0.4, 0.5) is 4.39 Å². The maximum absolute atomic E-state index is 13.6. The van der Waals surface area contributed by atoms with Gasteiger partial charge < -0.3 is 4.74 Å². The number of hydrogen-bond acceptors (Lipinski definition) is 3. The fourth-order valence-electron chi connectivity index (χ4n) is 3.35. The molecule has 4 heteroatoms. The van der Waals surface area contributed by atoms with Crippen molar-refractivity contribution in [2.24, 2.45) is 0 Å². The molecule has 1 saturated carbocycles. The smallest absolute Gasteiger partial charge is 0.317 e. The molecule has 0 amide bonds. The minimum Gasteiger partial charge on any atom is -0.457 e. The molecule has 0 saturated heterocycles. The summed E-state index contributed by atoms with van der Waals surface area (Å²) in [7, 11) is 0. The summed E-state index contributed by atoms with van der Waals surface area (Å²) in [5.74, 6) is -1.04. The minimum absolute atomic E-state index is 0.240. The maximum atomic E-state index is 13.6. The topological polar surface area (TPSA) is 43.4 Å². The summed E-state index contributed by atoms with van der Waals surface area (Å²) in [5, 5.41) is 0. The molecule has 0 unspecified atom stereocenters. The number of carbonyl (C=O) groups excluding carboxylic acids is 2. The molecule has 0 spiro atoms. The molecule has 3 nitrogen and oxygen atoms in total. The second-order valence-corrected chi connectivity index (χ2v) is 6.16.